The van der Waals surface area contributed by atoms with Gasteiger partial charge in [-0.15, -0.1) is 0 Å². The van der Waals surface area contributed by atoms with Gasteiger partial charge in [-0.2, -0.15) is 5.10 Å². The van der Waals surface area contributed by atoms with Gasteiger partial charge in [-0.25, -0.2) is 0 Å². The monoisotopic (exact) mass is 214 g/mol. The van der Waals surface area contributed by atoms with Crippen LogP contribution in [0.2, 0.25) is 0 Å². The Balaban J connectivity index is 2.29. The van der Waals surface area contributed by atoms with Gasteiger partial charge in [-0.3, -0.25) is 9.89 Å². The molecule has 0 aromatic carbocycles. The van der Waals surface area contributed by atoms with Crippen molar-refractivity contribution in [2.45, 2.75) is 6.54 Å². The van der Waals surface area contributed by atoms with Gasteiger partial charge in [0.1, 0.15) is 6.33 Å². The van der Waals surface area contributed by atoms with Gasteiger partial charge in [0, 0.05) is 11.1 Å². The number of hydrogen-bond donors (Lipinski definition) is 2. The summed E-state index contributed by atoms with van der Waals surface area (Å²) in [4.78, 5) is 13.5. The van der Waals surface area contributed by atoms with Crippen LogP contribution >= 0.6 is 23.6 Å². The second-order valence-corrected chi connectivity index (χ2v) is 3.69. The molecular weight excluding hydrogens is 208 g/mol. The molecule has 0 aliphatic heterocycles. The third kappa shape index (κ3) is 1.76. The number of H-pyrrole nitrogens is 2. The second-order valence-electron chi connectivity index (χ2n) is 2.46. The highest BCUT2D eigenvalue weighted by Gasteiger charge is 1.98. The summed E-state index contributed by atoms with van der Waals surface area (Å²) in [5.41, 5.74) is 0.840. The molecule has 0 aliphatic carbocycles. The topological polar surface area (TPSA) is 66.5 Å². The molecule has 0 spiro atoms. The molecule has 0 aliphatic rings. The van der Waals surface area contributed by atoms with Gasteiger partial charge in [0.15, 0.2) is 4.77 Å². The number of aromatic amines is 2. The van der Waals surface area contributed by atoms with Gasteiger partial charge >= 0.3 is 4.87 Å². The van der Waals surface area contributed by atoms with Crippen LogP contribution in [0.3, 0.4) is 0 Å². The molecule has 0 unspecified atom stereocenters. The summed E-state index contributed by atoms with van der Waals surface area (Å²) < 4.78 is 2.29. The molecule has 0 bridgehead atoms. The van der Waals surface area contributed by atoms with Crippen LogP contribution in [0.15, 0.2) is 16.5 Å². The van der Waals surface area contributed by atoms with E-state index in [9.17, 15) is 4.79 Å². The first-order valence-electron chi connectivity index (χ1n) is 3.52. The minimum Gasteiger partial charge on any atom is -0.315 e. The van der Waals surface area contributed by atoms with Crippen LogP contribution in [0.4, 0.5) is 0 Å². The van der Waals surface area contributed by atoms with E-state index < -0.39 is 0 Å². The Bertz CT molecular complexity index is 505. The van der Waals surface area contributed by atoms with Crippen molar-refractivity contribution in [3.05, 3.63) is 31.8 Å². The maximum Gasteiger partial charge on any atom is 0.304 e. The third-order valence-electron chi connectivity index (χ3n) is 1.53. The first-order chi connectivity index (χ1) is 6.25. The summed E-state index contributed by atoms with van der Waals surface area (Å²) in [5.74, 6) is 0. The molecule has 0 radical (unpaired) electrons. The summed E-state index contributed by atoms with van der Waals surface area (Å²) in [6.45, 7) is 0.550. The molecule has 2 N–H and O–H groups in total. The summed E-state index contributed by atoms with van der Waals surface area (Å²) >= 11 is 6.09. The van der Waals surface area contributed by atoms with Gasteiger partial charge in [-0.05, 0) is 12.2 Å². The van der Waals surface area contributed by atoms with Crippen LogP contribution in [0, 0.1) is 4.77 Å². The normalized spacial score (nSPS) is 10.5. The van der Waals surface area contributed by atoms with E-state index in [0.717, 1.165) is 17.0 Å². The first kappa shape index (κ1) is 8.39. The molecule has 0 saturated carbocycles. The number of rotatable bonds is 2. The Labute approximate surface area is 82.1 Å². The van der Waals surface area contributed by atoms with Crippen LogP contribution in [0.25, 0.3) is 0 Å². The standard InChI is InChI=1S/C6H6N4OS2/c11-6-8-4(2-13-6)1-10-3-7-9-5(10)12/h2-3H,1H2,(H,8,11)(H,9,12). The van der Waals surface area contributed by atoms with E-state index in [1.165, 1.54) is 0 Å². The Hall–Kier alpha value is -1.21. The highest BCUT2D eigenvalue weighted by Crippen LogP contribution is 1.99. The van der Waals surface area contributed by atoms with Crippen molar-refractivity contribution < 1.29 is 0 Å². The van der Waals surface area contributed by atoms with E-state index in [2.05, 4.69) is 15.2 Å². The molecule has 13 heavy (non-hydrogen) atoms. The summed E-state index contributed by atoms with van der Waals surface area (Å²) in [5, 5.41) is 8.18. The van der Waals surface area contributed by atoms with E-state index in [4.69, 9.17) is 12.2 Å². The fourth-order valence-corrected chi connectivity index (χ4v) is 1.70. The average Bonchev–Trinajstić information content (AvgIpc) is 2.64. The predicted molar refractivity (Wildman–Crippen MR) is 51.5 cm³/mol. The van der Waals surface area contributed by atoms with Crippen LogP contribution in [-0.4, -0.2) is 19.7 Å². The SMILES string of the molecule is O=c1[nH]c(Cn2cn[nH]c2=S)cs1. The summed E-state index contributed by atoms with van der Waals surface area (Å²) in [6, 6.07) is 0. The van der Waals surface area contributed by atoms with Gasteiger partial charge in [0.25, 0.3) is 0 Å². The van der Waals surface area contributed by atoms with E-state index in [-0.39, 0.29) is 4.87 Å². The quantitative estimate of drug-likeness (QED) is 0.724. The Kier molecular flexibility index (Phi) is 2.11. The lowest BCUT2D eigenvalue weighted by molar-refractivity contribution is 0.763. The summed E-state index contributed by atoms with van der Waals surface area (Å²) in [7, 11) is 0. The molecule has 2 heterocycles. The molecule has 0 amide bonds. The lowest BCUT2D eigenvalue weighted by atomic mass is 10.5. The van der Waals surface area contributed by atoms with Crippen molar-refractivity contribution in [3.63, 3.8) is 0 Å². The van der Waals surface area contributed by atoms with Gasteiger partial charge in [0.05, 0.1) is 6.54 Å². The van der Waals surface area contributed by atoms with E-state index in [1.807, 2.05) is 0 Å². The fraction of sp³-hybridized carbons (Fsp3) is 0.167. The number of thiazole rings is 1. The molecule has 2 rings (SSSR count). The van der Waals surface area contributed by atoms with Gasteiger partial charge in [-0.1, -0.05) is 11.3 Å². The predicted octanol–water partition coefficient (Wildman–Crippen LogP) is 0.739. The smallest absolute Gasteiger partial charge is 0.304 e. The molecule has 68 valence electrons. The average molecular weight is 214 g/mol. The van der Waals surface area contributed by atoms with Crippen LogP contribution < -0.4 is 4.87 Å². The highest BCUT2D eigenvalue weighted by molar-refractivity contribution is 7.71. The van der Waals surface area contributed by atoms with Crippen molar-refractivity contribution in [1.29, 1.82) is 0 Å². The van der Waals surface area contributed by atoms with E-state index >= 15 is 0 Å². The molecule has 5 nitrogen and oxygen atoms in total. The van der Waals surface area contributed by atoms with E-state index in [1.54, 1.807) is 16.3 Å². The molecule has 2 aromatic heterocycles. The van der Waals surface area contributed by atoms with Crippen molar-refractivity contribution >= 4 is 23.6 Å². The zero-order valence-corrected chi connectivity index (χ0v) is 8.11. The lowest BCUT2D eigenvalue weighted by Crippen LogP contribution is -2.01. The zero-order chi connectivity index (χ0) is 9.26. The molecule has 0 atom stereocenters. The van der Waals surface area contributed by atoms with Crippen LogP contribution in [0.5, 0.6) is 0 Å². The van der Waals surface area contributed by atoms with Crippen molar-refractivity contribution in [2.75, 3.05) is 0 Å². The van der Waals surface area contributed by atoms with Crippen LogP contribution in [0.1, 0.15) is 5.69 Å². The summed E-state index contributed by atoms with van der Waals surface area (Å²) in [6.07, 6.45) is 1.60. The number of aromatic nitrogens is 4. The van der Waals surface area contributed by atoms with Gasteiger partial charge in [0.2, 0.25) is 0 Å². The molecule has 2 aromatic rings. The van der Waals surface area contributed by atoms with Crippen molar-refractivity contribution in [3.8, 4) is 0 Å². The maximum absolute atomic E-state index is 10.8. The maximum atomic E-state index is 10.8. The number of nitrogens with zero attached hydrogens (tertiary/aromatic N) is 2. The highest BCUT2D eigenvalue weighted by atomic mass is 32.1. The fourth-order valence-electron chi connectivity index (χ4n) is 0.958. The Morgan fingerprint density at radius 2 is 2.54 bits per heavy atom. The van der Waals surface area contributed by atoms with Crippen molar-refractivity contribution in [1.82, 2.24) is 19.7 Å². The molecule has 0 fully saturated rings. The first-order valence-corrected chi connectivity index (χ1v) is 4.81. The minimum atomic E-state index is -0.0509. The van der Waals surface area contributed by atoms with Crippen molar-refractivity contribution in [2.24, 2.45) is 0 Å². The third-order valence-corrected chi connectivity index (χ3v) is 2.57. The number of hydrogen-bond acceptors (Lipinski definition) is 4. The lowest BCUT2D eigenvalue weighted by Gasteiger charge is -1.95. The van der Waals surface area contributed by atoms with E-state index in [0.29, 0.717) is 11.3 Å². The molecule has 7 heteroatoms. The zero-order valence-electron chi connectivity index (χ0n) is 6.48. The number of nitrogens with one attached hydrogen (secondary N) is 2. The minimum absolute atomic E-state index is 0.0509. The second kappa shape index (κ2) is 3.27. The van der Waals surface area contributed by atoms with Gasteiger partial charge < -0.3 is 9.55 Å². The Morgan fingerprint density at radius 3 is 3.08 bits per heavy atom. The molecule has 0 saturated heterocycles. The largest absolute Gasteiger partial charge is 0.315 e. The Morgan fingerprint density at radius 1 is 1.69 bits per heavy atom. The molecular formula is C6H6N4OS2. The van der Waals surface area contributed by atoms with Crippen LogP contribution in [-0.2, 0) is 6.54 Å².